The Balaban J connectivity index is 1.32. The summed E-state index contributed by atoms with van der Waals surface area (Å²) >= 11 is 0. The number of morpholine rings is 1. The van der Waals surface area contributed by atoms with Crippen molar-refractivity contribution in [2.24, 2.45) is 0 Å². The van der Waals surface area contributed by atoms with Crippen molar-refractivity contribution in [3.63, 3.8) is 0 Å². The number of anilines is 1. The average Bonchev–Trinajstić information content (AvgIpc) is 3.13. The SMILES string of the molecule is COc1ccc(C=CC(=O)N(Cc2ccc(N3CCOCC3)cc2)[C@@H](Cc2ccccc2)C(=O)N2CCc3ccccc3C2)cn1. The van der Waals surface area contributed by atoms with E-state index in [0.29, 0.717) is 45.1 Å². The Labute approximate surface area is 270 Å². The number of ether oxygens (including phenoxy) is 2. The second kappa shape index (κ2) is 14.9. The van der Waals surface area contributed by atoms with Crippen molar-refractivity contribution >= 4 is 23.6 Å². The van der Waals surface area contributed by atoms with Gasteiger partial charge in [0.2, 0.25) is 17.7 Å². The number of amides is 2. The summed E-state index contributed by atoms with van der Waals surface area (Å²) in [6, 6.07) is 29.5. The average molecular weight is 617 g/mol. The summed E-state index contributed by atoms with van der Waals surface area (Å²) in [7, 11) is 1.57. The quantitative estimate of drug-likeness (QED) is 0.229. The predicted molar refractivity (Wildman–Crippen MR) is 179 cm³/mol. The fourth-order valence-corrected chi connectivity index (χ4v) is 6.11. The first-order chi connectivity index (χ1) is 22.6. The Kier molecular flexibility index (Phi) is 10.0. The molecule has 4 aromatic rings. The molecule has 0 aliphatic carbocycles. The standard InChI is InChI=1S/C38H40N4O4/c1-45-36-17-13-30(26-39-36)14-18-37(43)42(27-31-11-15-34(16-12-31)40-21-23-46-24-22-40)35(25-29-7-3-2-4-8-29)38(44)41-20-19-32-9-5-6-10-33(32)28-41/h2-18,26,35H,19-25,27-28H2,1H3/t35-/m0/s1. The van der Waals surface area contributed by atoms with Gasteiger partial charge in [0.25, 0.3) is 0 Å². The lowest BCUT2D eigenvalue weighted by atomic mass is 9.97. The van der Waals surface area contributed by atoms with Crippen LogP contribution in [0.25, 0.3) is 6.08 Å². The van der Waals surface area contributed by atoms with Gasteiger partial charge in [-0.15, -0.1) is 0 Å². The van der Waals surface area contributed by atoms with Crippen LogP contribution in [-0.2, 0) is 40.3 Å². The van der Waals surface area contributed by atoms with E-state index in [4.69, 9.17) is 9.47 Å². The molecular formula is C38H40N4O4. The van der Waals surface area contributed by atoms with Crippen LogP contribution < -0.4 is 9.64 Å². The van der Waals surface area contributed by atoms with E-state index in [9.17, 15) is 9.59 Å². The molecule has 1 aromatic heterocycles. The van der Waals surface area contributed by atoms with Gasteiger partial charge in [-0.1, -0.05) is 66.7 Å². The van der Waals surface area contributed by atoms with Crippen molar-refractivity contribution in [2.45, 2.75) is 32.0 Å². The number of benzene rings is 3. The highest BCUT2D eigenvalue weighted by Gasteiger charge is 2.34. The van der Waals surface area contributed by atoms with Crippen LogP contribution in [0, 0.1) is 0 Å². The number of carbonyl (C=O) groups excluding carboxylic acids is 2. The fourth-order valence-electron chi connectivity index (χ4n) is 6.11. The number of carbonyl (C=O) groups is 2. The van der Waals surface area contributed by atoms with Crippen molar-refractivity contribution in [3.05, 3.63) is 131 Å². The molecule has 6 rings (SSSR count). The Bertz CT molecular complexity index is 1630. The smallest absolute Gasteiger partial charge is 0.247 e. The minimum absolute atomic E-state index is 0.0452. The number of aromatic nitrogens is 1. The summed E-state index contributed by atoms with van der Waals surface area (Å²) in [4.78, 5) is 38.9. The molecule has 8 nitrogen and oxygen atoms in total. The summed E-state index contributed by atoms with van der Waals surface area (Å²) in [5.41, 5.74) is 6.28. The highest BCUT2D eigenvalue weighted by Crippen LogP contribution is 2.24. The van der Waals surface area contributed by atoms with Gasteiger partial charge < -0.3 is 24.2 Å². The molecule has 0 unspecified atom stereocenters. The highest BCUT2D eigenvalue weighted by molar-refractivity contribution is 5.95. The molecular weight excluding hydrogens is 576 g/mol. The molecule has 236 valence electrons. The topological polar surface area (TPSA) is 75.2 Å². The number of fused-ring (bicyclic) bond motifs is 1. The zero-order valence-corrected chi connectivity index (χ0v) is 26.3. The molecule has 46 heavy (non-hydrogen) atoms. The molecule has 3 heterocycles. The van der Waals surface area contributed by atoms with Gasteiger partial charge in [0.1, 0.15) is 6.04 Å². The normalized spacial score (nSPS) is 15.3. The van der Waals surface area contributed by atoms with Gasteiger partial charge in [-0.05, 0) is 58.5 Å². The predicted octanol–water partition coefficient (Wildman–Crippen LogP) is 5.17. The van der Waals surface area contributed by atoms with Crippen LogP contribution in [0.5, 0.6) is 5.88 Å². The molecule has 0 bridgehead atoms. The summed E-state index contributed by atoms with van der Waals surface area (Å²) in [5, 5.41) is 0. The van der Waals surface area contributed by atoms with Crippen LogP contribution in [0.2, 0.25) is 0 Å². The number of hydrogen-bond donors (Lipinski definition) is 0. The van der Waals surface area contributed by atoms with E-state index in [0.717, 1.165) is 47.5 Å². The number of rotatable bonds is 10. The monoisotopic (exact) mass is 616 g/mol. The molecule has 2 aliphatic rings. The molecule has 2 amide bonds. The van der Waals surface area contributed by atoms with Crippen LogP contribution in [0.4, 0.5) is 5.69 Å². The second-order valence-electron chi connectivity index (χ2n) is 11.7. The fraction of sp³-hybridized carbons (Fsp3) is 0.289. The van der Waals surface area contributed by atoms with Gasteiger partial charge in [0.05, 0.1) is 20.3 Å². The highest BCUT2D eigenvalue weighted by atomic mass is 16.5. The molecule has 3 aromatic carbocycles. The largest absolute Gasteiger partial charge is 0.481 e. The van der Waals surface area contributed by atoms with Crippen LogP contribution in [-0.4, -0.2) is 72.6 Å². The molecule has 2 aliphatic heterocycles. The van der Waals surface area contributed by atoms with Gasteiger partial charge in [-0.2, -0.15) is 0 Å². The van der Waals surface area contributed by atoms with E-state index in [2.05, 4.69) is 46.3 Å². The molecule has 0 saturated carbocycles. The summed E-state index contributed by atoms with van der Waals surface area (Å²) in [5.74, 6) is 0.221. The first-order valence-electron chi connectivity index (χ1n) is 15.9. The first kappa shape index (κ1) is 31.0. The Hall–Kier alpha value is -4.95. The molecule has 1 atom stereocenters. The van der Waals surface area contributed by atoms with Crippen LogP contribution in [0.15, 0.2) is 103 Å². The Morgan fingerprint density at radius 1 is 0.891 bits per heavy atom. The molecule has 0 spiro atoms. The van der Waals surface area contributed by atoms with Gasteiger partial charge in [0.15, 0.2) is 0 Å². The Morgan fingerprint density at radius 3 is 2.35 bits per heavy atom. The lowest BCUT2D eigenvalue weighted by Gasteiger charge is -2.37. The van der Waals surface area contributed by atoms with Crippen molar-refractivity contribution in [1.29, 1.82) is 0 Å². The van der Waals surface area contributed by atoms with Crippen molar-refractivity contribution in [1.82, 2.24) is 14.8 Å². The zero-order valence-electron chi connectivity index (χ0n) is 26.3. The van der Waals surface area contributed by atoms with E-state index in [1.807, 2.05) is 53.4 Å². The number of nitrogens with zero attached hydrogens (tertiary/aromatic N) is 4. The van der Waals surface area contributed by atoms with E-state index < -0.39 is 6.04 Å². The third-order valence-electron chi connectivity index (χ3n) is 8.71. The summed E-state index contributed by atoms with van der Waals surface area (Å²) in [6.07, 6.45) is 6.15. The van der Waals surface area contributed by atoms with E-state index in [1.165, 1.54) is 5.56 Å². The molecule has 0 radical (unpaired) electrons. The van der Waals surface area contributed by atoms with Crippen LogP contribution >= 0.6 is 0 Å². The minimum atomic E-state index is -0.697. The van der Waals surface area contributed by atoms with Gasteiger partial charge in [0, 0.05) is 63.2 Å². The third kappa shape index (κ3) is 7.64. The number of methoxy groups -OCH3 is 1. The lowest BCUT2D eigenvalue weighted by Crippen LogP contribution is -2.52. The van der Waals surface area contributed by atoms with Gasteiger partial charge >= 0.3 is 0 Å². The molecule has 0 N–H and O–H groups in total. The van der Waals surface area contributed by atoms with E-state index >= 15 is 0 Å². The second-order valence-corrected chi connectivity index (χ2v) is 11.7. The maximum atomic E-state index is 14.5. The van der Waals surface area contributed by atoms with E-state index in [-0.39, 0.29) is 11.8 Å². The van der Waals surface area contributed by atoms with Crippen molar-refractivity contribution in [2.75, 3.05) is 44.9 Å². The summed E-state index contributed by atoms with van der Waals surface area (Å²) in [6.45, 7) is 4.56. The van der Waals surface area contributed by atoms with Gasteiger partial charge in [-0.3, -0.25) is 9.59 Å². The van der Waals surface area contributed by atoms with Crippen LogP contribution in [0.3, 0.4) is 0 Å². The zero-order chi connectivity index (χ0) is 31.7. The summed E-state index contributed by atoms with van der Waals surface area (Å²) < 4.78 is 10.7. The lowest BCUT2D eigenvalue weighted by molar-refractivity contribution is -0.144. The molecule has 1 fully saturated rings. The Morgan fingerprint density at radius 2 is 1.63 bits per heavy atom. The number of pyridine rings is 1. The maximum Gasteiger partial charge on any atom is 0.247 e. The van der Waals surface area contributed by atoms with E-state index in [1.54, 1.807) is 36.4 Å². The molecule has 8 heteroatoms. The number of hydrogen-bond acceptors (Lipinski definition) is 6. The van der Waals surface area contributed by atoms with Crippen LogP contribution in [0.1, 0.15) is 27.8 Å². The minimum Gasteiger partial charge on any atom is -0.481 e. The maximum absolute atomic E-state index is 14.5. The third-order valence-corrected chi connectivity index (χ3v) is 8.71. The first-order valence-corrected chi connectivity index (χ1v) is 15.9. The van der Waals surface area contributed by atoms with Crippen molar-refractivity contribution < 1.29 is 19.1 Å². The van der Waals surface area contributed by atoms with Gasteiger partial charge in [-0.25, -0.2) is 4.98 Å². The van der Waals surface area contributed by atoms with Crippen molar-refractivity contribution in [3.8, 4) is 5.88 Å². The molecule has 1 saturated heterocycles.